The van der Waals surface area contributed by atoms with Gasteiger partial charge in [-0.25, -0.2) is 4.98 Å². The molecule has 0 fully saturated rings. The number of rotatable bonds is 7. The molecule has 26 heavy (non-hydrogen) atoms. The number of fused-ring (bicyclic) bond motifs is 1. The van der Waals surface area contributed by atoms with E-state index in [1.54, 1.807) is 6.92 Å². The maximum absolute atomic E-state index is 12.2. The monoisotopic (exact) mass is 393 g/mol. The quantitative estimate of drug-likeness (QED) is 0.546. The number of nitrogens with zero attached hydrogens (tertiary/aromatic N) is 1. The third kappa shape index (κ3) is 4.86. The Morgan fingerprint density at radius 2 is 2.19 bits per heavy atom. The summed E-state index contributed by atoms with van der Waals surface area (Å²) >= 11 is 2.74. The molecule has 7 nitrogen and oxygen atoms in total. The first-order valence-electron chi connectivity index (χ1n) is 7.80. The van der Waals surface area contributed by atoms with Crippen molar-refractivity contribution in [3.05, 3.63) is 26.6 Å². The van der Waals surface area contributed by atoms with Crippen LogP contribution in [0.2, 0.25) is 0 Å². The van der Waals surface area contributed by atoms with Crippen molar-refractivity contribution in [1.29, 1.82) is 0 Å². The lowest BCUT2D eigenvalue weighted by Gasteiger charge is -2.10. The zero-order chi connectivity index (χ0) is 19.3. The molecule has 2 aromatic heterocycles. The first kappa shape index (κ1) is 20.0. The lowest BCUT2D eigenvalue weighted by atomic mass is 10.2. The maximum atomic E-state index is 12.2. The van der Waals surface area contributed by atoms with E-state index in [2.05, 4.69) is 21.2 Å². The van der Waals surface area contributed by atoms with Crippen LogP contribution in [0.25, 0.3) is 10.2 Å². The number of esters is 1. The maximum Gasteiger partial charge on any atom is 0.319 e. The van der Waals surface area contributed by atoms with E-state index >= 15 is 0 Å². The second-order valence-corrected chi connectivity index (χ2v) is 8.05. The fourth-order valence-corrected chi connectivity index (χ4v) is 3.89. The SMILES string of the molecule is C#CCNC(=O)COC(=O)[C@@H](C)SCc1nc2sc(C)c(C)c2c(=O)[nH]1. The highest BCUT2D eigenvalue weighted by molar-refractivity contribution is 7.99. The molecule has 1 amide bonds. The summed E-state index contributed by atoms with van der Waals surface area (Å²) in [6.45, 7) is 5.23. The number of carbonyl (C=O) groups excluding carboxylic acids is 2. The van der Waals surface area contributed by atoms with Crippen molar-refractivity contribution in [2.24, 2.45) is 0 Å². The summed E-state index contributed by atoms with van der Waals surface area (Å²) in [6, 6.07) is 0. The zero-order valence-corrected chi connectivity index (χ0v) is 16.3. The second kappa shape index (κ2) is 8.87. The van der Waals surface area contributed by atoms with Gasteiger partial charge < -0.3 is 15.0 Å². The first-order chi connectivity index (χ1) is 12.3. The minimum atomic E-state index is -0.517. The molecule has 0 radical (unpaired) electrons. The molecule has 1 atom stereocenters. The van der Waals surface area contributed by atoms with Gasteiger partial charge in [0.1, 0.15) is 15.9 Å². The Kier molecular flexibility index (Phi) is 6.83. The summed E-state index contributed by atoms with van der Waals surface area (Å²) in [7, 11) is 0. The van der Waals surface area contributed by atoms with E-state index in [-0.39, 0.29) is 18.7 Å². The van der Waals surface area contributed by atoms with Gasteiger partial charge in [0.2, 0.25) is 0 Å². The van der Waals surface area contributed by atoms with Gasteiger partial charge in [0.05, 0.1) is 17.7 Å². The van der Waals surface area contributed by atoms with Crippen molar-refractivity contribution < 1.29 is 14.3 Å². The van der Waals surface area contributed by atoms with E-state index in [1.165, 1.54) is 23.1 Å². The molecule has 0 aliphatic heterocycles. The van der Waals surface area contributed by atoms with Crippen molar-refractivity contribution in [1.82, 2.24) is 15.3 Å². The third-order valence-electron chi connectivity index (χ3n) is 3.62. The number of thioether (sulfide) groups is 1. The number of amides is 1. The standard InChI is InChI=1S/C17H19N3O4S2/c1-5-6-18-13(21)7-24-17(23)11(4)25-8-12-19-15(22)14-9(2)10(3)26-16(14)20-12/h1,11H,6-8H2,2-4H3,(H,18,21)(H,19,20,22)/t11-/m1/s1. The highest BCUT2D eigenvalue weighted by Gasteiger charge is 2.18. The van der Waals surface area contributed by atoms with Gasteiger partial charge in [-0.15, -0.1) is 29.5 Å². The van der Waals surface area contributed by atoms with Crippen molar-refractivity contribution >= 4 is 45.2 Å². The van der Waals surface area contributed by atoms with E-state index < -0.39 is 17.1 Å². The summed E-state index contributed by atoms with van der Waals surface area (Å²) in [5.74, 6) is 2.14. The molecule has 138 valence electrons. The molecule has 2 rings (SSSR count). The number of thiophene rings is 1. The van der Waals surface area contributed by atoms with E-state index in [9.17, 15) is 14.4 Å². The number of aromatic nitrogens is 2. The Balaban J connectivity index is 1.93. The van der Waals surface area contributed by atoms with Crippen LogP contribution in [-0.2, 0) is 20.1 Å². The van der Waals surface area contributed by atoms with Crippen molar-refractivity contribution in [2.75, 3.05) is 13.2 Å². The van der Waals surface area contributed by atoms with Gasteiger partial charge in [0.15, 0.2) is 6.61 Å². The Morgan fingerprint density at radius 1 is 1.46 bits per heavy atom. The average molecular weight is 393 g/mol. The summed E-state index contributed by atoms with van der Waals surface area (Å²) in [5, 5.41) is 2.51. The Hall–Kier alpha value is -2.31. The van der Waals surface area contributed by atoms with Gasteiger partial charge in [-0.05, 0) is 26.3 Å². The van der Waals surface area contributed by atoms with Crippen LogP contribution in [0.15, 0.2) is 4.79 Å². The number of hydrogen-bond acceptors (Lipinski definition) is 7. The largest absolute Gasteiger partial charge is 0.455 e. The topological polar surface area (TPSA) is 101 Å². The number of carbonyl (C=O) groups is 2. The van der Waals surface area contributed by atoms with E-state index in [4.69, 9.17) is 11.2 Å². The highest BCUT2D eigenvalue weighted by Crippen LogP contribution is 2.26. The van der Waals surface area contributed by atoms with Gasteiger partial charge >= 0.3 is 5.97 Å². The normalized spacial score (nSPS) is 11.8. The fraction of sp³-hybridized carbons (Fsp3) is 0.412. The van der Waals surface area contributed by atoms with Crippen LogP contribution < -0.4 is 10.9 Å². The molecule has 0 saturated carbocycles. The average Bonchev–Trinajstić information content (AvgIpc) is 2.90. The molecule has 0 saturated heterocycles. The van der Waals surface area contributed by atoms with Crippen LogP contribution in [0.3, 0.4) is 0 Å². The Morgan fingerprint density at radius 3 is 2.88 bits per heavy atom. The highest BCUT2D eigenvalue weighted by atomic mass is 32.2. The first-order valence-corrected chi connectivity index (χ1v) is 9.67. The van der Waals surface area contributed by atoms with Crippen molar-refractivity contribution in [3.8, 4) is 12.3 Å². The minimum Gasteiger partial charge on any atom is -0.455 e. The molecule has 2 aromatic rings. The summed E-state index contributed by atoms with van der Waals surface area (Å²) in [4.78, 5) is 44.5. The number of nitrogens with one attached hydrogen (secondary N) is 2. The smallest absolute Gasteiger partial charge is 0.319 e. The predicted molar refractivity (Wildman–Crippen MR) is 103 cm³/mol. The van der Waals surface area contributed by atoms with Crippen LogP contribution in [-0.4, -0.2) is 40.2 Å². The van der Waals surface area contributed by atoms with Gasteiger partial charge in [-0.2, -0.15) is 0 Å². The van der Waals surface area contributed by atoms with Crippen LogP contribution in [0, 0.1) is 26.2 Å². The van der Waals surface area contributed by atoms with E-state index in [0.717, 1.165) is 10.4 Å². The van der Waals surface area contributed by atoms with Gasteiger partial charge in [0.25, 0.3) is 11.5 Å². The van der Waals surface area contributed by atoms with E-state index in [1.807, 2.05) is 13.8 Å². The Bertz CT molecular complexity index is 926. The second-order valence-electron chi connectivity index (χ2n) is 5.52. The number of hydrogen-bond donors (Lipinski definition) is 2. The number of aryl methyl sites for hydroxylation is 2. The van der Waals surface area contributed by atoms with Crippen LogP contribution in [0.1, 0.15) is 23.2 Å². The van der Waals surface area contributed by atoms with Crippen molar-refractivity contribution in [3.63, 3.8) is 0 Å². The van der Waals surface area contributed by atoms with Gasteiger partial charge in [-0.1, -0.05) is 5.92 Å². The lowest BCUT2D eigenvalue weighted by Crippen LogP contribution is -2.30. The molecule has 9 heteroatoms. The Labute approximate surface area is 158 Å². The van der Waals surface area contributed by atoms with Crippen LogP contribution >= 0.6 is 23.1 Å². The summed E-state index contributed by atoms with van der Waals surface area (Å²) in [5.41, 5.74) is 0.769. The van der Waals surface area contributed by atoms with Crippen LogP contribution in [0.5, 0.6) is 0 Å². The molecule has 0 aliphatic rings. The number of ether oxygens (including phenoxy) is 1. The number of terminal acetylenes is 1. The third-order valence-corrected chi connectivity index (χ3v) is 5.86. The van der Waals surface area contributed by atoms with Crippen molar-refractivity contribution in [2.45, 2.75) is 31.8 Å². The molecule has 0 aliphatic carbocycles. The summed E-state index contributed by atoms with van der Waals surface area (Å²) in [6.07, 6.45) is 5.02. The molecule has 0 bridgehead atoms. The minimum absolute atomic E-state index is 0.0872. The molecular formula is C17H19N3O4S2. The van der Waals surface area contributed by atoms with Gasteiger partial charge in [0, 0.05) is 4.88 Å². The van der Waals surface area contributed by atoms with Gasteiger partial charge in [-0.3, -0.25) is 14.4 Å². The molecule has 0 unspecified atom stereocenters. The number of H-pyrrole nitrogens is 1. The van der Waals surface area contributed by atoms with Crippen LogP contribution in [0.4, 0.5) is 0 Å². The van der Waals surface area contributed by atoms with E-state index in [0.29, 0.717) is 21.8 Å². The zero-order valence-electron chi connectivity index (χ0n) is 14.7. The summed E-state index contributed by atoms with van der Waals surface area (Å²) < 4.78 is 4.93. The lowest BCUT2D eigenvalue weighted by molar-refractivity contribution is -0.147. The number of aromatic amines is 1. The molecule has 2 N–H and O–H groups in total. The predicted octanol–water partition coefficient (Wildman–Crippen LogP) is 1.52. The molecule has 2 heterocycles. The molecule has 0 spiro atoms. The molecular weight excluding hydrogens is 374 g/mol. The molecule has 0 aromatic carbocycles. The fourth-order valence-electron chi connectivity index (χ4n) is 2.09.